The highest BCUT2D eigenvalue weighted by atomic mass is 32.1. The first kappa shape index (κ1) is 10.8. The van der Waals surface area contributed by atoms with Gasteiger partial charge >= 0.3 is 0 Å². The van der Waals surface area contributed by atoms with Crippen LogP contribution in [0.25, 0.3) is 0 Å². The zero-order valence-electron chi connectivity index (χ0n) is 8.68. The Morgan fingerprint density at radius 1 is 1.38 bits per heavy atom. The summed E-state index contributed by atoms with van der Waals surface area (Å²) in [5.74, 6) is 0. The van der Waals surface area contributed by atoms with E-state index in [0.29, 0.717) is 6.04 Å². The van der Waals surface area contributed by atoms with Crippen LogP contribution in [0.3, 0.4) is 0 Å². The third kappa shape index (κ3) is 3.51. The molecule has 76 valence electrons. The normalized spacial score (nSPS) is 19.7. The monoisotopic (exact) mass is 200 g/mol. The quantitative estimate of drug-likeness (QED) is 0.688. The summed E-state index contributed by atoms with van der Waals surface area (Å²) in [5.41, 5.74) is 0. The molecule has 1 unspecified atom stereocenters. The van der Waals surface area contributed by atoms with E-state index in [-0.39, 0.29) is 0 Å². The lowest BCUT2D eigenvalue weighted by Crippen LogP contribution is -2.45. The molecule has 13 heavy (non-hydrogen) atoms. The second-order valence-corrected chi connectivity index (χ2v) is 4.19. The third-order valence-corrected chi connectivity index (χ3v) is 3.00. The number of hydrogen-bond acceptors (Lipinski definition) is 1. The minimum Gasteiger partial charge on any atom is -0.360 e. The minimum absolute atomic E-state index is 0.509. The Kier molecular flexibility index (Phi) is 4.50. The van der Waals surface area contributed by atoms with Crippen LogP contribution in [0.4, 0.5) is 0 Å². The van der Waals surface area contributed by atoms with Gasteiger partial charge in [0.2, 0.25) is 0 Å². The zero-order chi connectivity index (χ0) is 9.68. The molecule has 0 bridgehead atoms. The summed E-state index contributed by atoms with van der Waals surface area (Å²) in [7, 11) is 0. The second-order valence-electron chi connectivity index (χ2n) is 3.81. The summed E-state index contributed by atoms with van der Waals surface area (Å²) in [5, 5.41) is 4.31. The van der Waals surface area contributed by atoms with Gasteiger partial charge in [0.15, 0.2) is 5.11 Å². The summed E-state index contributed by atoms with van der Waals surface area (Å²) in [6.45, 7) is 6.64. The van der Waals surface area contributed by atoms with Gasteiger partial charge in [0, 0.05) is 19.1 Å². The average molecular weight is 200 g/mol. The Labute approximate surface area is 86.7 Å². The minimum atomic E-state index is 0.509. The first-order chi connectivity index (χ1) is 6.24. The number of rotatable bonds is 2. The van der Waals surface area contributed by atoms with Gasteiger partial charge in [0.05, 0.1) is 0 Å². The number of nitrogens with zero attached hydrogens (tertiary/aromatic N) is 1. The van der Waals surface area contributed by atoms with Gasteiger partial charge in [-0.25, -0.2) is 0 Å². The van der Waals surface area contributed by atoms with Gasteiger partial charge < -0.3 is 10.2 Å². The van der Waals surface area contributed by atoms with E-state index in [2.05, 4.69) is 24.1 Å². The van der Waals surface area contributed by atoms with E-state index in [1.165, 1.54) is 19.3 Å². The number of nitrogens with one attached hydrogen (secondary N) is 1. The van der Waals surface area contributed by atoms with E-state index in [9.17, 15) is 0 Å². The Bertz CT molecular complexity index is 164. The van der Waals surface area contributed by atoms with Gasteiger partial charge in [0.1, 0.15) is 0 Å². The molecule has 0 aliphatic carbocycles. The fourth-order valence-corrected chi connectivity index (χ4v) is 1.88. The number of piperidine rings is 1. The molecule has 1 heterocycles. The summed E-state index contributed by atoms with van der Waals surface area (Å²) in [4.78, 5) is 2.30. The van der Waals surface area contributed by atoms with Crippen LogP contribution in [0.5, 0.6) is 0 Å². The molecule has 1 aliphatic rings. The second kappa shape index (κ2) is 5.43. The van der Waals surface area contributed by atoms with Crippen molar-refractivity contribution in [3.8, 4) is 0 Å². The molecule has 0 aromatic heterocycles. The molecule has 1 rings (SSSR count). The largest absolute Gasteiger partial charge is 0.360 e. The molecule has 0 spiro atoms. The SMILES string of the molecule is CCC(C)NC(=S)N1CCCCC1. The lowest BCUT2D eigenvalue weighted by molar-refractivity contribution is 0.334. The molecule has 1 aliphatic heterocycles. The number of thiocarbonyl (C=S) groups is 1. The van der Waals surface area contributed by atoms with Gasteiger partial charge in [-0.3, -0.25) is 0 Å². The van der Waals surface area contributed by atoms with E-state index in [1.807, 2.05) is 0 Å². The van der Waals surface area contributed by atoms with Crippen molar-refractivity contribution < 1.29 is 0 Å². The Morgan fingerprint density at radius 3 is 2.54 bits per heavy atom. The summed E-state index contributed by atoms with van der Waals surface area (Å²) in [6.07, 6.45) is 5.08. The van der Waals surface area contributed by atoms with Crippen LogP contribution < -0.4 is 5.32 Å². The topological polar surface area (TPSA) is 15.3 Å². The Balaban J connectivity index is 2.29. The molecular weight excluding hydrogens is 180 g/mol. The highest BCUT2D eigenvalue weighted by Gasteiger charge is 2.13. The van der Waals surface area contributed by atoms with E-state index in [4.69, 9.17) is 12.2 Å². The van der Waals surface area contributed by atoms with E-state index < -0.39 is 0 Å². The predicted octanol–water partition coefficient (Wildman–Crippen LogP) is 2.15. The average Bonchev–Trinajstić information content (AvgIpc) is 2.19. The molecule has 1 fully saturated rings. The first-order valence-corrected chi connectivity index (χ1v) is 5.70. The van der Waals surface area contributed by atoms with Gasteiger partial charge in [-0.1, -0.05) is 6.92 Å². The molecular formula is C10H20N2S. The highest BCUT2D eigenvalue weighted by Crippen LogP contribution is 2.08. The lowest BCUT2D eigenvalue weighted by Gasteiger charge is -2.30. The van der Waals surface area contributed by atoms with Crippen molar-refractivity contribution in [3.63, 3.8) is 0 Å². The van der Waals surface area contributed by atoms with Crippen LogP contribution in [0.2, 0.25) is 0 Å². The zero-order valence-corrected chi connectivity index (χ0v) is 9.49. The fraction of sp³-hybridized carbons (Fsp3) is 0.900. The van der Waals surface area contributed by atoms with Crippen LogP contribution in [0, 0.1) is 0 Å². The molecule has 0 amide bonds. The third-order valence-electron chi connectivity index (χ3n) is 2.63. The first-order valence-electron chi connectivity index (χ1n) is 5.29. The molecule has 0 aromatic carbocycles. The van der Waals surface area contributed by atoms with Crippen LogP contribution >= 0.6 is 12.2 Å². The lowest BCUT2D eigenvalue weighted by atomic mass is 10.1. The van der Waals surface area contributed by atoms with Crippen molar-refractivity contribution in [3.05, 3.63) is 0 Å². The standard InChI is InChI=1S/C10H20N2S/c1-3-9(2)11-10(13)12-7-5-4-6-8-12/h9H,3-8H2,1-2H3,(H,11,13). The van der Waals surface area contributed by atoms with Crippen molar-refractivity contribution in [2.75, 3.05) is 13.1 Å². The maximum Gasteiger partial charge on any atom is 0.169 e. The molecule has 1 atom stereocenters. The van der Waals surface area contributed by atoms with Gasteiger partial charge in [-0.15, -0.1) is 0 Å². The van der Waals surface area contributed by atoms with Crippen LogP contribution in [0.15, 0.2) is 0 Å². The van der Waals surface area contributed by atoms with Gasteiger partial charge in [0.25, 0.3) is 0 Å². The maximum atomic E-state index is 5.33. The predicted molar refractivity (Wildman–Crippen MR) is 60.9 cm³/mol. The van der Waals surface area contributed by atoms with Crippen molar-refractivity contribution in [2.24, 2.45) is 0 Å². The molecule has 0 aromatic rings. The van der Waals surface area contributed by atoms with Gasteiger partial charge in [-0.2, -0.15) is 0 Å². The molecule has 1 N–H and O–H groups in total. The van der Waals surface area contributed by atoms with Crippen molar-refractivity contribution in [1.29, 1.82) is 0 Å². The number of hydrogen-bond donors (Lipinski definition) is 1. The molecule has 3 heteroatoms. The Hall–Kier alpha value is -0.310. The summed E-state index contributed by atoms with van der Waals surface area (Å²) < 4.78 is 0. The molecule has 0 saturated carbocycles. The highest BCUT2D eigenvalue weighted by molar-refractivity contribution is 7.80. The van der Waals surface area contributed by atoms with Crippen LogP contribution in [-0.2, 0) is 0 Å². The van der Waals surface area contributed by atoms with E-state index in [0.717, 1.165) is 24.6 Å². The smallest absolute Gasteiger partial charge is 0.169 e. The number of likely N-dealkylation sites (tertiary alicyclic amines) is 1. The Morgan fingerprint density at radius 2 is 2.00 bits per heavy atom. The molecule has 2 nitrogen and oxygen atoms in total. The van der Waals surface area contributed by atoms with E-state index in [1.54, 1.807) is 0 Å². The fourth-order valence-electron chi connectivity index (χ4n) is 1.50. The summed E-state index contributed by atoms with van der Waals surface area (Å²) in [6, 6.07) is 0.509. The van der Waals surface area contributed by atoms with Crippen LogP contribution in [0.1, 0.15) is 39.5 Å². The van der Waals surface area contributed by atoms with Crippen molar-refractivity contribution >= 4 is 17.3 Å². The molecule has 0 radical (unpaired) electrons. The van der Waals surface area contributed by atoms with Crippen molar-refractivity contribution in [1.82, 2.24) is 10.2 Å². The summed E-state index contributed by atoms with van der Waals surface area (Å²) >= 11 is 5.33. The maximum absolute atomic E-state index is 5.33. The van der Waals surface area contributed by atoms with Crippen molar-refractivity contribution in [2.45, 2.75) is 45.6 Å². The molecule has 1 saturated heterocycles. The van der Waals surface area contributed by atoms with Crippen LogP contribution in [-0.4, -0.2) is 29.1 Å². The van der Waals surface area contributed by atoms with Gasteiger partial charge in [-0.05, 0) is 44.8 Å². The van der Waals surface area contributed by atoms with E-state index >= 15 is 0 Å².